The lowest BCUT2D eigenvalue weighted by molar-refractivity contribution is -0.140. The lowest BCUT2D eigenvalue weighted by Gasteiger charge is -2.10. The molecule has 0 amide bonds. The van der Waals surface area contributed by atoms with Crippen molar-refractivity contribution < 1.29 is 49.4 Å². The van der Waals surface area contributed by atoms with Crippen molar-refractivity contribution >= 4 is 10.8 Å². The normalized spacial score (nSPS) is 12.0. The number of pyridine rings is 1. The van der Waals surface area contributed by atoms with E-state index < -0.39 is 52.8 Å². The van der Waals surface area contributed by atoms with Gasteiger partial charge >= 0.3 is 19.0 Å². The summed E-state index contributed by atoms with van der Waals surface area (Å²) in [5.41, 5.74) is -4.71. The van der Waals surface area contributed by atoms with Crippen LogP contribution in [0.15, 0.2) is 52.6 Å². The number of hydrogen-bond donors (Lipinski definition) is 2. The number of H-pyrrole nitrogens is 1. The summed E-state index contributed by atoms with van der Waals surface area (Å²) in [6.45, 7) is -2.57. The highest BCUT2D eigenvalue weighted by Crippen LogP contribution is 2.32. The Morgan fingerprint density at radius 1 is 0.953 bits per heavy atom. The molecular formula is C25H20F9N5O4. The van der Waals surface area contributed by atoms with Crippen molar-refractivity contribution in [3.8, 4) is 17.1 Å². The number of benzene rings is 1. The Morgan fingerprint density at radius 2 is 1.63 bits per heavy atom. The second-order valence-corrected chi connectivity index (χ2v) is 8.68. The number of rotatable bonds is 8. The first-order chi connectivity index (χ1) is 20.1. The van der Waals surface area contributed by atoms with Crippen molar-refractivity contribution in [3.63, 3.8) is 0 Å². The van der Waals surface area contributed by atoms with E-state index in [2.05, 4.69) is 19.8 Å². The maximum Gasteiger partial charge on any atom is 0.425 e. The maximum atomic E-state index is 14.6. The van der Waals surface area contributed by atoms with Crippen LogP contribution >= 0.6 is 0 Å². The molecule has 0 aliphatic carbocycles. The summed E-state index contributed by atoms with van der Waals surface area (Å²) < 4.78 is 118. The molecule has 3 aromatic heterocycles. The molecule has 0 saturated heterocycles. The van der Waals surface area contributed by atoms with Crippen molar-refractivity contribution in [3.05, 3.63) is 80.6 Å². The van der Waals surface area contributed by atoms with E-state index in [0.29, 0.717) is 49.8 Å². The van der Waals surface area contributed by atoms with E-state index in [1.807, 2.05) is 0 Å². The number of aromatic hydroxyl groups is 1. The monoisotopic (exact) mass is 625 g/mol. The largest absolute Gasteiger partial charge is 0.505 e. The quantitative estimate of drug-likeness (QED) is 0.195. The van der Waals surface area contributed by atoms with Crippen LogP contribution in [0, 0.1) is 5.82 Å². The Bertz CT molecular complexity index is 1650. The van der Waals surface area contributed by atoms with Crippen LogP contribution in [-0.4, -0.2) is 43.1 Å². The summed E-state index contributed by atoms with van der Waals surface area (Å²) in [4.78, 5) is 30.3. The zero-order valence-corrected chi connectivity index (χ0v) is 21.5. The number of halogens is 9. The van der Waals surface area contributed by atoms with Gasteiger partial charge in [-0.05, 0) is 42.8 Å². The lowest BCUT2D eigenvalue weighted by Crippen LogP contribution is -2.22. The number of hydrogen-bond acceptors (Lipinski definition) is 7. The van der Waals surface area contributed by atoms with Crippen LogP contribution in [0.2, 0.25) is 0 Å². The van der Waals surface area contributed by atoms with Gasteiger partial charge in [-0.1, -0.05) is 0 Å². The Labute approximate surface area is 234 Å². The van der Waals surface area contributed by atoms with Gasteiger partial charge in [0.05, 0.1) is 29.3 Å². The van der Waals surface area contributed by atoms with Gasteiger partial charge < -0.3 is 14.4 Å². The van der Waals surface area contributed by atoms with E-state index in [-0.39, 0.29) is 23.4 Å². The number of fused-ring (bicyclic) bond motifs is 1. The average molecular weight is 625 g/mol. The molecule has 1 aromatic carbocycles. The molecule has 3 heterocycles. The average Bonchev–Trinajstić information content (AvgIpc) is 2.91. The molecule has 0 fully saturated rings. The fourth-order valence-corrected chi connectivity index (χ4v) is 3.66. The van der Waals surface area contributed by atoms with Gasteiger partial charge in [0.2, 0.25) is 0 Å². The predicted octanol–water partition coefficient (Wildman–Crippen LogP) is 5.52. The van der Waals surface area contributed by atoms with Gasteiger partial charge in [-0.3, -0.25) is 9.59 Å². The second kappa shape index (κ2) is 13.7. The third-order valence-electron chi connectivity index (χ3n) is 5.69. The molecule has 2 N–H and O–H groups in total. The number of aryl methyl sites for hydroxylation is 1. The predicted molar refractivity (Wildman–Crippen MR) is 132 cm³/mol. The summed E-state index contributed by atoms with van der Waals surface area (Å²) in [6.07, 6.45) is -4.79. The SMILES string of the molecule is O=c1[nH]ncc(O)c1C(F)(F)F.O=c1c2cc(F)c(-c3ncc(C(F)(F)F)cn3)cc2ccn1CCCCCOC(F)F. The molecule has 0 spiro atoms. The van der Waals surface area contributed by atoms with Gasteiger partial charge in [0, 0.05) is 25.1 Å². The van der Waals surface area contributed by atoms with Gasteiger partial charge in [0.1, 0.15) is 5.82 Å². The number of nitrogens with one attached hydrogen (secondary N) is 1. The molecule has 0 saturated carbocycles. The second-order valence-electron chi connectivity index (χ2n) is 8.68. The number of unbranched alkanes of at least 4 members (excludes halogenated alkanes) is 2. The van der Waals surface area contributed by atoms with Gasteiger partial charge in [-0.15, -0.1) is 0 Å². The highest BCUT2D eigenvalue weighted by atomic mass is 19.4. The van der Waals surface area contributed by atoms with Crippen LogP contribution in [0.25, 0.3) is 22.2 Å². The summed E-state index contributed by atoms with van der Waals surface area (Å²) in [5, 5.41) is 13.6. The van der Waals surface area contributed by atoms with E-state index in [1.54, 1.807) is 11.2 Å². The molecule has 18 heteroatoms. The van der Waals surface area contributed by atoms with Crippen LogP contribution in [0.1, 0.15) is 30.4 Å². The van der Waals surface area contributed by atoms with Gasteiger partial charge in [-0.25, -0.2) is 19.5 Å². The molecule has 0 radical (unpaired) electrons. The van der Waals surface area contributed by atoms with Crippen LogP contribution in [0.4, 0.5) is 39.5 Å². The topological polar surface area (TPSA) is 123 Å². The van der Waals surface area contributed by atoms with Crippen LogP contribution in [0.5, 0.6) is 5.75 Å². The van der Waals surface area contributed by atoms with Crippen LogP contribution in [-0.2, 0) is 23.6 Å². The number of alkyl halides is 8. The minimum absolute atomic E-state index is 0.0791. The Balaban J connectivity index is 0.000000353. The first-order valence-corrected chi connectivity index (χ1v) is 12.1. The van der Waals surface area contributed by atoms with Crippen molar-refractivity contribution in [1.29, 1.82) is 0 Å². The summed E-state index contributed by atoms with van der Waals surface area (Å²) in [6, 6.07) is 3.88. The first-order valence-electron chi connectivity index (χ1n) is 12.1. The zero-order chi connectivity index (χ0) is 31.9. The van der Waals surface area contributed by atoms with Crippen molar-refractivity contribution in [2.45, 2.75) is 44.8 Å². The van der Waals surface area contributed by atoms with E-state index in [1.165, 1.54) is 16.8 Å². The van der Waals surface area contributed by atoms with Crippen molar-refractivity contribution in [1.82, 2.24) is 24.7 Å². The molecule has 0 unspecified atom stereocenters. The molecule has 9 nitrogen and oxygen atoms in total. The lowest BCUT2D eigenvalue weighted by atomic mass is 10.1. The first kappa shape index (κ1) is 33.0. The molecule has 0 aliphatic heterocycles. The molecule has 4 rings (SSSR count). The fraction of sp³-hybridized carbons (Fsp3) is 0.320. The molecule has 0 atom stereocenters. The third-order valence-corrected chi connectivity index (χ3v) is 5.69. The summed E-state index contributed by atoms with van der Waals surface area (Å²) in [7, 11) is 0. The van der Waals surface area contributed by atoms with Gasteiger partial charge in [-0.2, -0.15) is 40.2 Å². The van der Waals surface area contributed by atoms with Crippen LogP contribution in [0.3, 0.4) is 0 Å². The summed E-state index contributed by atoms with van der Waals surface area (Å²) in [5.74, 6) is -2.25. The van der Waals surface area contributed by atoms with Crippen molar-refractivity contribution in [2.24, 2.45) is 0 Å². The Morgan fingerprint density at radius 3 is 2.19 bits per heavy atom. The molecule has 232 valence electrons. The van der Waals surface area contributed by atoms with E-state index >= 15 is 0 Å². The molecule has 4 aromatic rings. The number of aromatic amines is 1. The molecular weight excluding hydrogens is 605 g/mol. The maximum absolute atomic E-state index is 14.6. The zero-order valence-electron chi connectivity index (χ0n) is 21.5. The van der Waals surface area contributed by atoms with Gasteiger partial charge in [0.25, 0.3) is 11.1 Å². The highest BCUT2D eigenvalue weighted by molar-refractivity contribution is 5.85. The molecule has 0 aliphatic rings. The van der Waals surface area contributed by atoms with E-state index in [9.17, 15) is 49.1 Å². The number of ether oxygens (including phenoxy) is 1. The molecule has 43 heavy (non-hydrogen) atoms. The van der Waals surface area contributed by atoms with Crippen molar-refractivity contribution in [2.75, 3.05) is 6.61 Å². The molecule has 0 bridgehead atoms. The Kier molecular flexibility index (Phi) is 10.5. The standard InChI is InChI=1S/C20H17F6N3O2.C5H3F3N2O2/c21-16-9-14-12(8-15(16)17-27-10-13(11-28-17)20(24,25)26)4-6-29(18(14)30)5-2-1-3-7-31-19(22)23;6-5(7,8)3-2(11)1-9-10-4(3)12/h4,6,8-11,19H,1-3,5,7H2;1H,(H2,10,11,12). The van der Waals surface area contributed by atoms with E-state index in [0.717, 1.165) is 6.07 Å². The Hall–Kier alpha value is -4.48. The number of aromatic nitrogens is 5. The van der Waals surface area contributed by atoms with Crippen LogP contribution < -0.4 is 11.1 Å². The highest BCUT2D eigenvalue weighted by Gasteiger charge is 2.37. The van der Waals surface area contributed by atoms with E-state index in [4.69, 9.17) is 5.11 Å². The minimum atomic E-state index is -4.86. The minimum Gasteiger partial charge on any atom is -0.505 e. The fourth-order valence-electron chi connectivity index (χ4n) is 3.66. The third kappa shape index (κ3) is 8.76. The number of nitrogens with zero attached hydrogens (tertiary/aromatic N) is 4. The van der Waals surface area contributed by atoms with Gasteiger partial charge in [0.15, 0.2) is 17.1 Å². The summed E-state index contributed by atoms with van der Waals surface area (Å²) >= 11 is 0. The smallest absolute Gasteiger partial charge is 0.425 e.